The van der Waals surface area contributed by atoms with Crippen LogP contribution in [0.3, 0.4) is 0 Å². The number of hydrogen-bond donors (Lipinski definition) is 0. The van der Waals surface area contributed by atoms with Crippen LogP contribution in [0.1, 0.15) is 22.7 Å². The predicted molar refractivity (Wildman–Crippen MR) is 80.0 cm³/mol. The van der Waals surface area contributed by atoms with Crippen LogP contribution in [-0.4, -0.2) is 37.2 Å². The third-order valence-corrected chi connectivity index (χ3v) is 3.54. The molecule has 6 nitrogen and oxygen atoms in total. The largest absolute Gasteiger partial charge is 0.334 e. The van der Waals surface area contributed by atoms with Gasteiger partial charge in [0.2, 0.25) is 0 Å². The van der Waals surface area contributed by atoms with Crippen molar-refractivity contribution in [1.29, 1.82) is 0 Å². The number of aromatic nitrogens is 4. The van der Waals surface area contributed by atoms with E-state index in [2.05, 4.69) is 10.1 Å². The van der Waals surface area contributed by atoms with Gasteiger partial charge in [-0.05, 0) is 12.1 Å². The Kier molecular flexibility index (Phi) is 3.81. The summed E-state index contributed by atoms with van der Waals surface area (Å²) in [5.41, 5.74) is 1.22. The monoisotopic (exact) mass is 319 g/mol. The molecule has 120 valence electrons. The lowest BCUT2D eigenvalue weighted by atomic mass is 10.3. The Hall–Kier alpha value is -2.77. The molecule has 0 aliphatic carbocycles. The number of halogens is 2. The van der Waals surface area contributed by atoms with Crippen LogP contribution in [-0.2, 0) is 13.6 Å². The van der Waals surface area contributed by atoms with Gasteiger partial charge < -0.3 is 4.90 Å². The molecule has 0 N–H and O–H groups in total. The molecule has 0 saturated carbocycles. The van der Waals surface area contributed by atoms with Gasteiger partial charge in [0.25, 0.3) is 5.91 Å². The van der Waals surface area contributed by atoms with Gasteiger partial charge in [0.1, 0.15) is 5.82 Å². The highest BCUT2D eigenvalue weighted by molar-refractivity contribution is 5.93. The second kappa shape index (κ2) is 5.79. The van der Waals surface area contributed by atoms with Crippen LogP contribution in [0.2, 0.25) is 0 Å². The zero-order chi connectivity index (χ0) is 16.6. The van der Waals surface area contributed by atoms with Crippen molar-refractivity contribution in [2.45, 2.75) is 13.1 Å². The Labute approximate surface area is 130 Å². The number of rotatable bonds is 4. The van der Waals surface area contributed by atoms with Gasteiger partial charge in [0, 0.05) is 20.3 Å². The quantitative estimate of drug-likeness (QED) is 0.742. The molecule has 3 rings (SSSR count). The number of aryl methyl sites for hydroxylation is 1. The van der Waals surface area contributed by atoms with E-state index in [1.807, 2.05) is 0 Å². The molecule has 1 aromatic carbocycles. The minimum absolute atomic E-state index is 0.0211. The number of nitrogens with zero attached hydrogens (tertiary/aromatic N) is 5. The third kappa shape index (κ3) is 2.79. The first-order valence-corrected chi connectivity index (χ1v) is 6.95. The summed E-state index contributed by atoms with van der Waals surface area (Å²) in [6.45, 7) is -2.74. The number of hydrogen-bond acceptors (Lipinski definition) is 3. The molecule has 0 saturated heterocycles. The number of amides is 1. The van der Waals surface area contributed by atoms with Gasteiger partial charge in [-0.1, -0.05) is 12.1 Å². The highest BCUT2D eigenvalue weighted by Gasteiger charge is 2.21. The van der Waals surface area contributed by atoms with Crippen molar-refractivity contribution in [3.05, 3.63) is 48.0 Å². The van der Waals surface area contributed by atoms with Crippen molar-refractivity contribution in [3.63, 3.8) is 0 Å². The van der Waals surface area contributed by atoms with E-state index >= 15 is 0 Å². The standard InChI is InChI=1S/C15H15F2N5O/c1-20(14(23)10-7-18-21(2)8-10)9-13-19-11-5-3-4-6-12(11)22(13)15(16)17/h3-8,15H,9H2,1-2H3. The molecule has 0 unspecified atom stereocenters. The molecule has 0 fully saturated rings. The number of benzene rings is 1. The second-order valence-electron chi connectivity index (χ2n) is 5.23. The normalized spacial score (nSPS) is 11.3. The number of para-hydroxylation sites is 2. The van der Waals surface area contributed by atoms with Crippen LogP contribution in [0.15, 0.2) is 36.7 Å². The van der Waals surface area contributed by atoms with Gasteiger partial charge in [0.05, 0.1) is 29.3 Å². The van der Waals surface area contributed by atoms with Crippen molar-refractivity contribution >= 4 is 16.9 Å². The molecule has 3 aromatic rings. The van der Waals surface area contributed by atoms with Gasteiger partial charge in [-0.3, -0.25) is 14.0 Å². The second-order valence-corrected chi connectivity index (χ2v) is 5.23. The predicted octanol–water partition coefficient (Wildman–Crippen LogP) is 2.44. The van der Waals surface area contributed by atoms with E-state index in [4.69, 9.17) is 0 Å². The highest BCUT2D eigenvalue weighted by atomic mass is 19.3. The summed E-state index contributed by atoms with van der Waals surface area (Å²) in [5.74, 6) is -0.160. The maximum Gasteiger partial charge on any atom is 0.320 e. The van der Waals surface area contributed by atoms with Gasteiger partial charge in [-0.25, -0.2) is 4.98 Å². The minimum Gasteiger partial charge on any atom is -0.334 e. The number of imidazole rings is 1. The number of carbonyl (C=O) groups excluding carboxylic acids is 1. The van der Waals surface area contributed by atoms with Gasteiger partial charge in [0.15, 0.2) is 0 Å². The summed E-state index contributed by atoms with van der Waals surface area (Å²) in [7, 11) is 3.25. The topological polar surface area (TPSA) is 56.0 Å². The fourth-order valence-electron chi connectivity index (χ4n) is 2.46. The van der Waals surface area contributed by atoms with Gasteiger partial charge in [-0.2, -0.15) is 13.9 Å². The zero-order valence-corrected chi connectivity index (χ0v) is 12.6. The number of carbonyl (C=O) groups is 1. The Morgan fingerprint density at radius 1 is 1.35 bits per heavy atom. The van der Waals surface area contributed by atoms with Crippen molar-refractivity contribution < 1.29 is 13.6 Å². The van der Waals surface area contributed by atoms with Crippen LogP contribution in [0, 0.1) is 0 Å². The van der Waals surface area contributed by atoms with E-state index in [1.165, 1.54) is 15.8 Å². The van der Waals surface area contributed by atoms with Crippen LogP contribution in [0.4, 0.5) is 8.78 Å². The fourth-order valence-corrected chi connectivity index (χ4v) is 2.46. The van der Waals surface area contributed by atoms with Crippen LogP contribution in [0.5, 0.6) is 0 Å². The van der Waals surface area contributed by atoms with Crippen LogP contribution in [0.25, 0.3) is 11.0 Å². The van der Waals surface area contributed by atoms with E-state index in [-0.39, 0.29) is 18.3 Å². The number of fused-ring (bicyclic) bond motifs is 1. The fraction of sp³-hybridized carbons (Fsp3) is 0.267. The Balaban J connectivity index is 1.91. The Morgan fingerprint density at radius 2 is 2.09 bits per heavy atom. The summed E-state index contributed by atoms with van der Waals surface area (Å²) in [4.78, 5) is 17.9. The molecule has 2 aromatic heterocycles. The van der Waals surface area contributed by atoms with Crippen LogP contribution < -0.4 is 0 Å². The smallest absolute Gasteiger partial charge is 0.320 e. The minimum atomic E-state index is -2.72. The first-order chi connectivity index (χ1) is 11.0. The van der Waals surface area contributed by atoms with Crippen LogP contribution >= 0.6 is 0 Å². The molecule has 23 heavy (non-hydrogen) atoms. The van der Waals surface area contributed by atoms with Crippen molar-refractivity contribution in [2.75, 3.05) is 7.05 Å². The van der Waals surface area contributed by atoms with Crippen molar-refractivity contribution in [3.8, 4) is 0 Å². The Morgan fingerprint density at radius 3 is 2.74 bits per heavy atom. The van der Waals surface area contributed by atoms with Gasteiger partial charge in [-0.15, -0.1) is 0 Å². The molecule has 2 heterocycles. The Bertz CT molecular complexity index is 855. The maximum atomic E-state index is 13.4. The van der Waals surface area contributed by atoms with E-state index in [0.29, 0.717) is 16.6 Å². The first-order valence-electron chi connectivity index (χ1n) is 6.95. The lowest BCUT2D eigenvalue weighted by molar-refractivity contribution is 0.0646. The first kappa shape index (κ1) is 15.1. The molecule has 8 heteroatoms. The third-order valence-electron chi connectivity index (χ3n) is 3.54. The highest BCUT2D eigenvalue weighted by Crippen LogP contribution is 2.24. The molecular formula is C15H15F2N5O. The van der Waals surface area contributed by atoms with E-state index in [1.54, 1.807) is 44.6 Å². The zero-order valence-electron chi connectivity index (χ0n) is 12.6. The molecule has 0 spiro atoms. The van der Waals surface area contributed by atoms with E-state index < -0.39 is 6.55 Å². The maximum absolute atomic E-state index is 13.4. The van der Waals surface area contributed by atoms with Crippen molar-refractivity contribution in [1.82, 2.24) is 24.2 Å². The van der Waals surface area contributed by atoms with E-state index in [0.717, 1.165) is 4.57 Å². The summed E-state index contributed by atoms with van der Waals surface area (Å²) < 4.78 is 29.1. The average Bonchev–Trinajstić information content (AvgIpc) is 3.09. The van der Waals surface area contributed by atoms with Crippen molar-refractivity contribution in [2.24, 2.45) is 7.05 Å². The summed E-state index contributed by atoms with van der Waals surface area (Å²) in [5, 5.41) is 3.94. The number of alkyl halides is 2. The molecule has 0 aliphatic rings. The molecule has 0 bridgehead atoms. The summed E-state index contributed by atoms with van der Waals surface area (Å²) in [6.07, 6.45) is 3.02. The summed E-state index contributed by atoms with van der Waals surface area (Å²) >= 11 is 0. The molecule has 0 aliphatic heterocycles. The molecule has 0 atom stereocenters. The van der Waals surface area contributed by atoms with E-state index in [9.17, 15) is 13.6 Å². The molecular weight excluding hydrogens is 304 g/mol. The average molecular weight is 319 g/mol. The lowest BCUT2D eigenvalue weighted by Gasteiger charge is -2.17. The summed E-state index contributed by atoms with van der Waals surface area (Å²) in [6, 6.07) is 6.66. The molecule has 1 amide bonds. The molecule has 0 radical (unpaired) electrons. The lowest BCUT2D eigenvalue weighted by Crippen LogP contribution is -2.27. The SMILES string of the molecule is CN(Cc1nc2ccccc2n1C(F)F)C(=O)c1cnn(C)c1. The van der Waals surface area contributed by atoms with Gasteiger partial charge >= 0.3 is 6.55 Å².